The third-order valence-corrected chi connectivity index (χ3v) is 29.1. The van der Waals surface area contributed by atoms with Gasteiger partial charge in [0.1, 0.15) is 48.8 Å². The minimum Gasteiger partial charge on any atom is -0.382 e. The molecule has 4 fully saturated rings. The van der Waals surface area contributed by atoms with Gasteiger partial charge in [0.15, 0.2) is 115 Å². The van der Waals surface area contributed by atoms with Crippen molar-refractivity contribution in [2.45, 2.75) is 250 Å². The molecule has 762 valence electrons. The lowest BCUT2D eigenvalue weighted by atomic mass is 9.56. The third-order valence-electron chi connectivity index (χ3n) is 29.1. The van der Waals surface area contributed by atoms with E-state index in [0.29, 0.717) is 111 Å². The zero-order chi connectivity index (χ0) is 108. The van der Waals surface area contributed by atoms with Gasteiger partial charge in [-0.3, -0.25) is 76.7 Å². The quantitative estimate of drug-likeness (QED) is 0.0234. The number of rotatable bonds is 28. The Morgan fingerprint density at radius 2 is 0.375 bits per heavy atom. The average Bonchev–Trinajstić information content (AvgIpc) is 0.766. The van der Waals surface area contributed by atoms with Gasteiger partial charge in [-0.2, -0.15) is 0 Å². The summed E-state index contributed by atoms with van der Waals surface area (Å²) in [6, 6.07) is 21.9. The van der Waals surface area contributed by atoms with Crippen molar-refractivity contribution in [1.82, 2.24) is 19.9 Å². The maximum absolute atomic E-state index is 14.2. The van der Waals surface area contributed by atoms with Crippen LogP contribution in [0, 0.1) is 0 Å². The Labute approximate surface area is 813 Å². The first-order chi connectivity index (χ1) is 66.3. The molecule has 3 aromatic heterocycles. The number of aliphatic hydroxyl groups excluding tert-OH is 4. The number of aromatic amines is 2. The number of fused-ring (bicyclic) bond motifs is 8. The third kappa shape index (κ3) is 13.9. The van der Waals surface area contributed by atoms with Crippen LogP contribution in [0.5, 0.6) is 0 Å². The van der Waals surface area contributed by atoms with Gasteiger partial charge >= 0.3 is 0 Å². The molecule has 44 heteroatoms. The maximum Gasteiger partial charge on any atom is 0.233 e. The Morgan fingerprint density at radius 1 is 0.229 bits per heavy atom. The summed E-state index contributed by atoms with van der Waals surface area (Å²) in [5.74, 6) is -42.0. The Hall–Kier alpha value is -12.8. The fraction of sp³-hybridized carbons (Fsp3) is 0.400. The van der Waals surface area contributed by atoms with E-state index >= 15 is 0 Å². The van der Waals surface area contributed by atoms with Crippen LogP contribution in [0.2, 0.25) is 0 Å². The van der Waals surface area contributed by atoms with Crippen LogP contribution < -0.4 is 0 Å². The molecule has 0 radical (unpaired) electrons. The molecule has 8 bridgehead atoms. The smallest absolute Gasteiger partial charge is 0.233 e. The highest BCUT2D eigenvalue weighted by molar-refractivity contribution is 6.12. The highest BCUT2D eigenvalue weighted by Crippen LogP contribution is 2.62. The molecule has 9 heterocycles. The number of aromatic nitrogens is 4. The molecular formula is C100H102N4O40. The van der Waals surface area contributed by atoms with Crippen LogP contribution in [-0.2, 0) is 119 Å². The normalized spacial score (nSPS) is 33.8. The average molecular weight is 2000 g/mol. The van der Waals surface area contributed by atoms with Gasteiger partial charge in [0.2, 0.25) is 68.0 Å². The van der Waals surface area contributed by atoms with Crippen LogP contribution in [0.3, 0.4) is 0 Å². The summed E-state index contributed by atoms with van der Waals surface area (Å²) in [5, 5.41) is 250. The second kappa shape index (κ2) is 35.6. The molecule has 0 spiro atoms. The zero-order valence-corrected chi connectivity index (χ0v) is 79.5. The van der Waals surface area contributed by atoms with Crippen molar-refractivity contribution >= 4 is 139 Å². The molecule has 0 amide bonds. The second-order valence-corrected chi connectivity index (χ2v) is 37.2. The summed E-state index contributed by atoms with van der Waals surface area (Å²) in [4.78, 5) is 238. The summed E-state index contributed by atoms with van der Waals surface area (Å²) in [6.45, 7) is 8.98. The lowest BCUT2D eigenvalue weighted by Gasteiger charge is -2.61. The number of benzene rings is 4. The molecular weight excluding hydrogens is 1900 g/mol. The number of carbonyl (C=O) groups excluding carboxylic acids is 16. The highest BCUT2D eigenvalue weighted by atomic mass is 16.7. The molecule has 44 nitrogen and oxygen atoms in total. The maximum atomic E-state index is 14.2. The summed E-state index contributed by atoms with van der Waals surface area (Å²) >= 11 is 0. The Morgan fingerprint density at radius 3 is 0.500 bits per heavy atom. The number of ketones is 16. The first kappa shape index (κ1) is 108. The number of nitrogens with one attached hydrogen (secondary N) is 2. The van der Waals surface area contributed by atoms with Gasteiger partial charge < -0.3 is 131 Å². The van der Waals surface area contributed by atoms with Crippen molar-refractivity contribution in [2.75, 3.05) is 0 Å². The summed E-state index contributed by atoms with van der Waals surface area (Å²) < 4.78 is 23.3. The molecule has 0 saturated carbocycles. The number of Topliss-reactive ketones (excluding diaryl/α,β-unsaturated/α-hetero) is 16. The van der Waals surface area contributed by atoms with Gasteiger partial charge in [0, 0.05) is 66.6 Å². The Kier molecular flexibility index (Phi) is 26.8. The van der Waals surface area contributed by atoms with Gasteiger partial charge in [-0.15, -0.1) is 0 Å². The topological polar surface area (TPSA) is 772 Å². The number of aliphatic hydroxyl groups is 20. The lowest BCUT2D eigenvalue weighted by molar-refractivity contribution is -0.419. The number of H-pyrrole nitrogens is 2. The van der Waals surface area contributed by atoms with Crippen molar-refractivity contribution in [1.29, 1.82) is 0 Å². The van der Waals surface area contributed by atoms with Crippen LogP contribution in [0.25, 0.3) is 90.9 Å². The minimum absolute atomic E-state index is 0.0667. The van der Waals surface area contributed by atoms with Gasteiger partial charge in [-0.25, -0.2) is 9.97 Å². The van der Waals surface area contributed by atoms with Crippen molar-refractivity contribution < 1.29 is 198 Å². The van der Waals surface area contributed by atoms with Crippen molar-refractivity contribution in [2.24, 2.45) is 0 Å². The predicted molar refractivity (Wildman–Crippen MR) is 490 cm³/mol. The van der Waals surface area contributed by atoms with Gasteiger partial charge in [-0.05, 0) is 182 Å². The van der Waals surface area contributed by atoms with Crippen LogP contribution in [0.1, 0.15) is 156 Å². The first-order valence-corrected chi connectivity index (χ1v) is 44.1. The summed E-state index contributed by atoms with van der Waals surface area (Å²) in [5.41, 5.74) is -54.4. The molecule has 144 heavy (non-hydrogen) atoms. The fourth-order valence-electron chi connectivity index (χ4n) is 21.2. The monoisotopic (exact) mass is 2000 g/mol. The van der Waals surface area contributed by atoms with Crippen molar-refractivity contribution in [3.8, 4) is 44.5 Å². The first-order valence-electron chi connectivity index (χ1n) is 44.1. The van der Waals surface area contributed by atoms with E-state index in [0.717, 1.165) is 97.1 Å². The minimum atomic E-state index is -4.23. The van der Waals surface area contributed by atoms with Crippen molar-refractivity contribution in [3.05, 3.63) is 166 Å². The lowest BCUT2D eigenvalue weighted by Crippen LogP contribution is -2.89. The van der Waals surface area contributed by atoms with Crippen molar-refractivity contribution in [3.63, 3.8) is 0 Å². The number of nitrogens with zero attached hydrogens (tertiary/aromatic N) is 2. The van der Waals surface area contributed by atoms with Gasteiger partial charge in [0.25, 0.3) is 0 Å². The molecule has 22 N–H and O–H groups in total. The van der Waals surface area contributed by atoms with E-state index in [2.05, 4.69) is 9.97 Å². The van der Waals surface area contributed by atoms with Crippen LogP contribution in [0.15, 0.2) is 121 Å². The summed E-state index contributed by atoms with van der Waals surface area (Å²) in [7, 11) is 0. The van der Waals surface area contributed by atoms with Gasteiger partial charge in [0.05, 0.1) is 22.8 Å². The molecule has 7 aromatic rings. The molecule has 6 aliphatic heterocycles. The van der Waals surface area contributed by atoms with E-state index < -0.39 is 254 Å². The number of hydrogen-bond acceptors (Lipinski definition) is 42. The second-order valence-electron chi connectivity index (χ2n) is 37.2. The predicted octanol–water partition coefficient (Wildman–Crippen LogP) is -2.86. The molecule has 4 aromatic carbocycles. The molecule has 13 rings (SSSR count). The molecule has 4 saturated heterocycles. The molecule has 0 aliphatic carbocycles. The Bertz CT molecular complexity index is 6220. The standard InChI is InChI=1S/C100H102N4O40/c1-41(105)77(121)81-85(125,45(5)109)89(129,49(9)113)93(133,53(13)117)97(137,141-81)61-25-17-57(18-26-61)73-65-33-35-67(101-65)74(58-19-27-62(28-20-58)98(138)94(134,54(14)118)90(130,50(10)114)86(126,46(6)110)82(142-98)78(122)42(2)106)69-37-39-71(103-69)76(60-23-31-64(32-24-60)100(140)96(136,56(16)120)92(132,52(12)116)88(128,48(8)112)84(144-100)80(124)44(4)108)72-40-38-70(104-72)75(68-36-34-66(73)102-68)59-21-29-63(30-22-59)99(139)95(135,55(15)119)91(131,51(11)115)87(127,47(7)111)83(143-99)79(123)43(3)107/h17-40,77-84,101,104,121-140H,1-16H3/t77?,78?,79?,80?,81-,82-,83-,84-,85-,86-,87-,88-,89+,90+,91+,92+,93+,94+,95+,96+,97?,98?,99?,100?/m1/s1. The van der Waals surface area contributed by atoms with Crippen LogP contribution >= 0.6 is 0 Å². The van der Waals surface area contributed by atoms with E-state index in [-0.39, 0.29) is 89.4 Å². The number of carbonyl (C=O) groups is 16. The number of hydrogen-bond donors (Lipinski definition) is 22. The van der Waals surface area contributed by atoms with E-state index in [1.165, 1.54) is 48.6 Å². The number of ether oxygens (including phenoxy) is 4. The fourth-order valence-corrected chi connectivity index (χ4v) is 21.2. The van der Waals surface area contributed by atoms with Gasteiger partial charge in [-0.1, -0.05) is 97.1 Å². The molecule has 24 atom stereocenters. The van der Waals surface area contributed by atoms with Crippen LogP contribution in [0.4, 0.5) is 0 Å². The van der Waals surface area contributed by atoms with E-state index in [1.54, 1.807) is 0 Å². The molecule has 8 unspecified atom stereocenters. The van der Waals surface area contributed by atoms with E-state index in [1.807, 2.05) is 0 Å². The largest absolute Gasteiger partial charge is 0.382 e. The highest BCUT2D eigenvalue weighted by Gasteiger charge is 2.89. The Balaban J connectivity index is 1.16. The SMILES string of the molecule is CC(=O)C(O)[C@H]1OC(O)(c2ccc(-c3c4nc(c(-c5ccc(C6(O)O[C@H](C(O)C(C)=O)[C@](O)(C(C)=O)[C@@](O)(C(C)=O)[C@@]6(O)C(C)=O)cc5)c5ccc([nH]5)c(-c5ccc(C6(O)O[C@H](C(O)C(C)=O)[C@](O)(C(C)=O)[C@@](O)(C(C)=O)[C@@]6(O)C(C)=O)cc5)c5nc(c(-c6ccc(C7(O)O[C@H](C(O)C(C)=O)[C@](O)(C(C)=O)[C@@](O)(C(C)=O)[C@@]7(O)C(C)=O)cc6)c6ccc3[nH]6)C=C5)C=C4)cc2)[C@](O)(C(C)=O)[C@](O)(C(C)=O)[C@@]1(O)C(C)=O. The van der Waals surface area contributed by atoms with E-state index in [4.69, 9.17) is 28.9 Å². The molecule has 6 aliphatic rings. The van der Waals surface area contributed by atoms with Crippen LogP contribution in [-0.4, -0.2) is 331 Å². The summed E-state index contributed by atoms with van der Waals surface area (Å²) in [6.07, 6.45) is -17.2. The van der Waals surface area contributed by atoms with E-state index in [9.17, 15) is 179 Å². The zero-order valence-electron chi connectivity index (χ0n) is 79.5.